The van der Waals surface area contributed by atoms with E-state index >= 15 is 0 Å². The second kappa shape index (κ2) is 13.1. The Bertz CT molecular complexity index is 1770. The van der Waals surface area contributed by atoms with E-state index in [2.05, 4.69) is 30.4 Å². The zero-order chi connectivity index (χ0) is 29.6. The molecule has 42 heavy (non-hydrogen) atoms. The SMILES string of the molecule is CCOC(=O)c1cn(Cc2ccccc2OC)c2sc(-c3ccc(OC)cc3)c(CNCc3cccc(C)c3)c2c1=O. The summed E-state index contributed by atoms with van der Waals surface area (Å²) in [6, 6.07) is 23.9. The molecule has 0 aliphatic heterocycles. The van der Waals surface area contributed by atoms with Gasteiger partial charge in [0.2, 0.25) is 5.43 Å². The van der Waals surface area contributed by atoms with Crippen LogP contribution in [-0.2, 0) is 24.4 Å². The number of methoxy groups -OCH3 is 2. The molecule has 0 radical (unpaired) electrons. The van der Waals surface area contributed by atoms with Gasteiger partial charge in [0.05, 0.1) is 32.8 Å². The van der Waals surface area contributed by atoms with Crippen LogP contribution in [0.3, 0.4) is 0 Å². The Balaban J connectivity index is 1.69. The summed E-state index contributed by atoms with van der Waals surface area (Å²) in [7, 11) is 3.27. The van der Waals surface area contributed by atoms with Crippen molar-refractivity contribution in [2.24, 2.45) is 0 Å². The van der Waals surface area contributed by atoms with Crippen LogP contribution in [0.25, 0.3) is 20.7 Å². The van der Waals surface area contributed by atoms with Crippen molar-refractivity contribution in [1.29, 1.82) is 0 Å². The molecule has 0 aliphatic rings. The number of benzene rings is 3. The molecule has 0 bridgehead atoms. The van der Waals surface area contributed by atoms with E-state index in [1.54, 1.807) is 27.3 Å². The van der Waals surface area contributed by atoms with Gasteiger partial charge >= 0.3 is 5.97 Å². The highest BCUT2D eigenvalue weighted by Crippen LogP contribution is 2.39. The number of carbonyl (C=O) groups excluding carboxylic acids is 1. The van der Waals surface area contributed by atoms with E-state index in [4.69, 9.17) is 14.2 Å². The van der Waals surface area contributed by atoms with Crippen molar-refractivity contribution in [3.05, 3.63) is 117 Å². The van der Waals surface area contributed by atoms with Crippen LogP contribution in [0.1, 0.15) is 39.5 Å². The normalized spacial score (nSPS) is 11.0. The van der Waals surface area contributed by atoms with Crippen LogP contribution in [0.4, 0.5) is 0 Å². The lowest BCUT2D eigenvalue weighted by Gasteiger charge is -2.14. The lowest BCUT2D eigenvalue weighted by atomic mass is 10.0. The number of fused-ring (bicyclic) bond motifs is 1. The molecule has 216 valence electrons. The van der Waals surface area contributed by atoms with Gasteiger partial charge in [-0.05, 0) is 60.9 Å². The molecule has 7 nitrogen and oxygen atoms in total. The van der Waals surface area contributed by atoms with Crippen molar-refractivity contribution in [3.8, 4) is 21.9 Å². The summed E-state index contributed by atoms with van der Waals surface area (Å²) in [5.74, 6) is 0.849. The molecule has 5 aromatic rings. The second-order valence-electron chi connectivity index (χ2n) is 9.94. The Morgan fingerprint density at radius 1 is 0.952 bits per heavy atom. The molecule has 3 aromatic carbocycles. The van der Waals surface area contributed by atoms with Gasteiger partial charge in [0, 0.05) is 29.7 Å². The lowest BCUT2D eigenvalue weighted by molar-refractivity contribution is 0.0524. The number of carbonyl (C=O) groups is 1. The van der Waals surface area contributed by atoms with E-state index in [1.165, 1.54) is 16.9 Å². The highest BCUT2D eigenvalue weighted by atomic mass is 32.1. The highest BCUT2D eigenvalue weighted by molar-refractivity contribution is 7.22. The first kappa shape index (κ1) is 29.1. The summed E-state index contributed by atoms with van der Waals surface area (Å²) in [5, 5.41) is 4.06. The van der Waals surface area contributed by atoms with Crippen LogP contribution in [-0.4, -0.2) is 31.4 Å². The Morgan fingerprint density at radius 2 is 1.74 bits per heavy atom. The van der Waals surface area contributed by atoms with Crippen LogP contribution >= 0.6 is 11.3 Å². The third kappa shape index (κ3) is 6.10. The molecule has 0 fully saturated rings. The third-order valence-corrected chi connectivity index (χ3v) is 8.42. The number of thiophene rings is 1. The van der Waals surface area contributed by atoms with E-state index in [-0.39, 0.29) is 17.6 Å². The first-order chi connectivity index (χ1) is 20.4. The number of hydrogen-bond donors (Lipinski definition) is 1. The quantitative estimate of drug-likeness (QED) is 0.178. The van der Waals surface area contributed by atoms with Gasteiger partial charge in [0.25, 0.3) is 0 Å². The summed E-state index contributed by atoms with van der Waals surface area (Å²) < 4.78 is 18.3. The first-order valence-corrected chi connectivity index (χ1v) is 14.6. The van der Waals surface area contributed by atoms with Crippen molar-refractivity contribution in [2.45, 2.75) is 33.5 Å². The van der Waals surface area contributed by atoms with Crippen molar-refractivity contribution in [2.75, 3.05) is 20.8 Å². The van der Waals surface area contributed by atoms with Gasteiger partial charge in [-0.2, -0.15) is 0 Å². The number of para-hydroxylation sites is 1. The molecule has 0 unspecified atom stereocenters. The average molecular weight is 583 g/mol. The number of aryl methyl sites for hydroxylation is 1. The smallest absolute Gasteiger partial charge is 0.343 e. The van der Waals surface area contributed by atoms with E-state index in [0.29, 0.717) is 25.0 Å². The fourth-order valence-corrected chi connectivity index (χ4v) is 6.38. The molecule has 0 aliphatic carbocycles. The van der Waals surface area contributed by atoms with Gasteiger partial charge < -0.3 is 24.1 Å². The summed E-state index contributed by atoms with van der Waals surface area (Å²) in [6.07, 6.45) is 1.62. The number of ether oxygens (including phenoxy) is 3. The highest BCUT2D eigenvalue weighted by Gasteiger charge is 2.24. The van der Waals surface area contributed by atoms with Crippen LogP contribution in [0.15, 0.2) is 83.8 Å². The van der Waals surface area contributed by atoms with Crippen molar-refractivity contribution < 1.29 is 19.0 Å². The Morgan fingerprint density at radius 3 is 2.45 bits per heavy atom. The average Bonchev–Trinajstić information content (AvgIpc) is 3.39. The van der Waals surface area contributed by atoms with Gasteiger partial charge in [0.1, 0.15) is 21.9 Å². The minimum Gasteiger partial charge on any atom is -0.497 e. The van der Waals surface area contributed by atoms with Gasteiger partial charge in [-0.3, -0.25) is 4.79 Å². The van der Waals surface area contributed by atoms with Crippen molar-refractivity contribution in [3.63, 3.8) is 0 Å². The number of hydrogen-bond acceptors (Lipinski definition) is 7. The van der Waals surface area contributed by atoms with E-state index < -0.39 is 5.97 Å². The summed E-state index contributed by atoms with van der Waals surface area (Å²) in [4.78, 5) is 28.8. The van der Waals surface area contributed by atoms with Gasteiger partial charge in [-0.25, -0.2) is 4.79 Å². The first-order valence-electron chi connectivity index (χ1n) is 13.8. The van der Waals surface area contributed by atoms with Crippen LogP contribution in [0.5, 0.6) is 11.5 Å². The van der Waals surface area contributed by atoms with Crippen LogP contribution in [0.2, 0.25) is 0 Å². The van der Waals surface area contributed by atoms with Gasteiger partial charge in [-0.1, -0.05) is 48.0 Å². The van der Waals surface area contributed by atoms with E-state index in [1.807, 2.05) is 59.2 Å². The number of pyridine rings is 1. The number of nitrogens with zero attached hydrogens (tertiary/aromatic N) is 1. The van der Waals surface area contributed by atoms with Crippen LogP contribution in [0, 0.1) is 6.92 Å². The largest absolute Gasteiger partial charge is 0.497 e. The Kier molecular flexibility index (Phi) is 9.05. The van der Waals surface area contributed by atoms with Crippen molar-refractivity contribution >= 4 is 27.5 Å². The summed E-state index contributed by atoms with van der Waals surface area (Å²) in [6.45, 7) is 5.45. The number of esters is 1. The number of nitrogens with one attached hydrogen (secondary N) is 1. The maximum atomic E-state index is 14.0. The third-order valence-electron chi connectivity index (χ3n) is 7.10. The topological polar surface area (TPSA) is 78.8 Å². The molecular formula is C34H34N2O5S. The fraction of sp³-hybridized carbons (Fsp3) is 0.235. The van der Waals surface area contributed by atoms with Gasteiger partial charge in [0.15, 0.2) is 0 Å². The number of rotatable bonds is 11. The summed E-state index contributed by atoms with van der Waals surface area (Å²) >= 11 is 1.54. The minimum atomic E-state index is -0.631. The molecule has 2 heterocycles. The Hall–Kier alpha value is -4.40. The molecule has 0 saturated heterocycles. The molecule has 0 amide bonds. The molecule has 2 aromatic heterocycles. The monoisotopic (exact) mass is 582 g/mol. The van der Waals surface area contributed by atoms with Crippen molar-refractivity contribution in [1.82, 2.24) is 9.88 Å². The lowest BCUT2D eigenvalue weighted by Crippen LogP contribution is -2.22. The predicted molar refractivity (Wildman–Crippen MR) is 168 cm³/mol. The molecule has 8 heteroatoms. The predicted octanol–water partition coefficient (Wildman–Crippen LogP) is 6.57. The maximum absolute atomic E-state index is 14.0. The molecule has 0 atom stereocenters. The zero-order valence-electron chi connectivity index (χ0n) is 24.2. The molecule has 1 N–H and O–H groups in total. The minimum absolute atomic E-state index is 0.0123. The zero-order valence-corrected chi connectivity index (χ0v) is 25.0. The fourth-order valence-electron chi connectivity index (χ4n) is 5.08. The molecular weight excluding hydrogens is 548 g/mol. The molecule has 0 saturated carbocycles. The molecule has 5 rings (SSSR count). The molecule has 0 spiro atoms. The number of aromatic nitrogens is 1. The van der Waals surface area contributed by atoms with E-state index in [9.17, 15) is 9.59 Å². The Labute approximate surface area is 249 Å². The van der Waals surface area contributed by atoms with Gasteiger partial charge in [-0.15, -0.1) is 11.3 Å². The summed E-state index contributed by atoms with van der Waals surface area (Å²) in [5.41, 5.74) is 4.76. The second-order valence-corrected chi connectivity index (χ2v) is 10.9. The van der Waals surface area contributed by atoms with E-state index in [0.717, 1.165) is 43.5 Å². The maximum Gasteiger partial charge on any atom is 0.343 e. The standard InChI is InChI=1S/C34H34N2O5S/c1-5-41-34(38)28-21-36(20-25-11-6-7-12-29(25)40-4)33-30(31(28)37)27(19-35-18-23-10-8-9-22(2)17-23)32(42-33)24-13-15-26(39-3)16-14-24/h6-17,21,35H,5,18-20H2,1-4H3. The van der Waals surface area contributed by atoms with Crippen LogP contribution < -0.4 is 20.2 Å².